The molecule has 3 rings (SSSR count). The summed E-state index contributed by atoms with van der Waals surface area (Å²) in [5.41, 5.74) is 7.13. The second-order valence-electron chi connectivity index (χ2n) is 5.93. The largest absolute Gasteiger partial charge is 0.500 e. The quantitative estimate of drug-likeness (QED) is 0.612. The summed E-state index contributed by atoms with van der Waals surface area (Å²) in [7, 11) is 2.57. The molecule has 0 atom stereocenters. The average Bonchev–Trinajstić information content (AvgIpc) is 2.99. The van der Waals surface area contributed by atoms with Gasteiger partial charge in [0.2, 0.25) is 0 Å². The van der Waals surface area contributed by atoms with Gasteiger partial charge in [0.1, 0.15) is 0 Å². The number of hydrogen-bond acceptors (Lipinski definition) is 3. The van der Waals surface area contributed by atoms with Gasteiger partial charge in [0, 0.05) is 27.4 Å². The van der Waals surface area contributed by atoms with E-state index in [1.54, 1.807) is 21.3 Å². The van der Waals surface area contributed by atoms with Gasteiger partial charge < -0.3 is 13.3 Å². The molecule has 0 fully saturated rings. The molecule has 0 amide bonds. The van der Waals surface area contributed by atoms with Gasteiger partial charge in [0.15, 0.2) is 0 Å². The van der Waals surface area contributed by atoms with Crippen LogP contribution in [0.15, 0.2) is 42.5 Å². The number of rotatable bonds is 7. The van der Waals surface area contributed by atoms with Crippen LogP contribution in [0, 0.1) is 0 Å². The van der Waals surface area contributed by atoms with Crippen molar-refractivity contribution in [1.29, 1.82) is 0 Å². The highest BCUT2D eigenvalue weighted by Gasteiger charge is 2.37. The fourth-order valence-electron chi connectivity index (χ4n) is 3.51. The maximum absolute atomic E-state index is 5.51. The molecule has 0 spiro atoms. The van der Waals surface area contributed by atoms with Crippen LogP contribution in [-0.2, 0) is 26.1 Å². The highest BCUT2D eigenvalue weighted by Crippen LogP contribution is 2.38. The van der Waals surface area contributed by atoms with Crippen molar-refractivity contribution in [3.8, 4) is 11.1 Å². The number of fused-ring (bicyclic) bond motifs is 3. The third-order valence-electron chi connectivity index (χ3n) is 4.81. The van der Waals surface area contributed by atoms with E-state index in [0.29, 0.717) is 0 Å². The molecule has 0 radical (unpaired) electrons. The van der Waals surface area contributed by atoms with Gasteiger partial charge in [-0.05, 0) is 47.1 Å². The first kappa shape index (κ1) is 16.4. The van der Waals surface area contributed by atoms with E-state index in [1.165, 1.54) is 27.8 Å². The summed E-state index contributed by atoms with van der Waals surface area (Å²) < 4.78 is 16.5. The van der Waals surface area contributed by atoms with Crippen LogP contribution in [0.1, 0.15) is 23.1 Å². The van der Waals surface area contributed by atoms with Crippen LogP contribution < -0.4 is 0 Å². The minimum atomic E-state index is -2.46. The molecule has 0 aromatic heterocycles. The van der Waals surface area contributed by atoms with Gasteiger partial charge in [0.05, 0.1) is 0 Å². The molecule has 0 heterocycles. The van der Waals surface area contributed by atoms with E-state index in [0.717, 1.165) is 25.3 Å². The molecule has 4 heteroatoms. The standard InChI is InChI=1S/C19H24O3Si/c1-20-23(21-2,22-3)13-7-10-15-9-6-12-18-17-11-5-4-8-16(17)14-19(15)18/h4-6,8-9,11-12H,7,10,13-14H2,1-3H3. The monoisotopic (exact) mass is 328 g/mol. The molecule has 0 saturated carbocycles. The first-order chi connectivity index (χ1) is 11.2. The van der Waals surface area contributed by atoms with Crippen LogP contribution in [0.2, 0.25) is 6.04 Å². The Labute approximate surface area is 139 Å². The lowest BCUT2D eigenvalue weighted by Gasteiger charge is -2.24. The second-order valence-corrected chi connectivity index (χ2v) is 9.02. The molecule has 122 valence electrons. The molecule has 1 aliphatic rings. The van der Waals surface area contributed by atoms with E-state index >= 15 is 0 Å². The molecule has 0 unspecified atom stereocenters. The van der Waals surface area contributed by atoms with Gasteiger partial charge in [-0.1, -0.05) is 42.5 Å². The first-order valence-electron chi connectivity index (χ1n) is 8.07. The third-order valence-corrected chi connectivity index (χ3v) is 7.64. The van der Waals surface area contributed by atoms with Crippen molar-refractivity contribution in [3.05, 3.63) is 59.2 Å². The smallest absolute Gasteiger partial charge is 0.377 e. The molecular formula is C19H24O3Si. The maximum Gasteiger partial charge on any atom is 0.500 e. The van der Waals surface area contributed by atoms with Crippen LogP contribution in [0.3, 0.4) is 0 Å². The first-order valence-corrected chi connectivity index (χ1v) is 10.0. The van der Waals surface area contributed by atoms with Crippen molar-refractivity contribution >= 4 is 8.80 Å². The summed E-state index contributed by atoms with van der Waals surface area (Å²) in [6, 6.07) is 16.2. The lowest BCUT2D eigenvalue weighted by atomic mass is 9.98. The molecular weight excluding hydrogens is 304 g/mol. The molecule has 3 nitrogen and oxygen atoms in total. The Balaban J connectivity index is 1.74. The molecule has 0 N–H and O–H groups in total. The van der Waals surface area contributed by atoms with E-state index in [9.17, 15) is 0 Å². The van der Waals surface area contributed by atoms with Gasteiger partial charge in [-0.25, -0.2) is 0 Å². The zero-order valence-corrected chi connectivity index (χ0v) is 15.1. The zero-order valence-electron chi connectivity index (χ0n) is 14.1. The maximum atomic E-state index is 5.51. The van der Waals surface area contributed by atoms with Crippen LogP contribution in [0.4, 0.5) is 0 Å². The van der Waals surface area contributed by atoms with Crippen molar-refractivity contribution in [1.82, 2.24) is 0 Å². The lowest BCUT2D eigenvalue weighted by molar-refractivity contribution is 0.123. The van der Waals surface area contributed by atoms with Crippen LogP contribution in [-0.4, -0.2) is 30.1 Å². The Morgan fingerprint density at radius 1 is 0.870 bits per heavy atom. The highest BCUT2D eigenvalue weighted by atomic mass is 28.4. The number of benzene rings is 2. The van der Waals surface area contributed by atoms with Crippen LogP contribution in [0.5, 0.6) is 0 Å². The van der Waals surface area contributed by atoms with Gasteiger partial charge in [-0.3, -0.25) is 0 Å². The molecule has 0 bridgehead atoms. The SMILES string of the molecule is CO[Si](CCCc1cccc2c1Cc1ccccc1-2)(OC)OC. The Morgan fingerprint density at radius 2 is 1.57 bits per heavy atom. The summed E-state index contributed by atoms with van der Waals surface area (Å²) in [5, 5.41) is 0. The number of hydrogen-bond donors (Lipinski definition) is 0. The van der Waals surface area contributed by atoms with Crippen LogP contribution in [0.25, 0.3) is 11.1 Å². The molecule has 23 heavy (non-hydrogen) atoms. The molecule has 0 saturated heterocycles. The fourth-order valence-corrected chi connectivity index (χ4v) is 5.23. The van der Waals surface area contributed by atoms with Gasteiger partial charge in [-0.15, -0.1) is 0 Å². The molecule has 2 aromatic rings. The third kappa shape index (κ3) is 3.12. The number of aryl methyl sites for hydroxylation is 1. The van der Waals surface area contributed by atoms with Crippen molar-refractivity contribution in [2.45, 2.75) is 25.3 Å². The molecule has 0 aliphatic heterocycles. The predicted molar refractivity (Wildman–Crippen MR) is 94.6 cm³/mol. The Morgan fingerprint density at radius 3 is 2.30 bits per heavy atom. The summed E-state index contributed by atoms with van der Waals surface area (Å²) in [6.45, 7) is 0. The fraction of sp³-hybridized carbons (Fsp3) is 0.368. The van der Waals surface area contributed by atoms with E-state index < -0.39 is 8.80 Å². The molecule has 1 aliphatic carbocycles. The summed E-state index contributed by atoms with van der Waals surface area (Å²) in [5.74, 6) is 0. The zero-order chi connectivity index (χ0) is 16.3. The van der Waals surface area contributed by atoms with Crippen molar-refractivity contribution < 1.29 is 13.3 Å². The summed E-state index contributed by atoms with van der Waals surface area (Å²) in [4.78, 5) is 0. The van der Waals surface area contributed by atoms with E-state index in [2.05, 4.69) is 42.5 Å². The van der Waals surface area contributed by atoms with Gasteiger partial charge in [-0.2, -0.15) is 0 Å². The van der Waals surface area contributed by atoms with E-state index in [1.807, 2.05) is 0 Å². The second kappa shape index (κ2) is 6.97. The van der Waals surface area contributed by atoms with Crippen molar-refractivity contribution in [2.75, 3.05) is 21.3 Å². The highest BCUT2D eigenvalue weighted by molar-refractivity contribution is 6.60. The summed E-state index contributed by atoms with van der Waals surface area (Å²) in [6.07, 6.45) is 3.08. The Bertz CT molecular complexity index is 672. The Kier molecular flexibility index (Phi) is 4.97. The average molecular weight is 328 g/mol. The topological polar surface area (TPSA) is 27.7 Å². The lowest BCUT2D eigenvalue weighted by Crippen LogP contribution is -2.42. The normalized spacial score (nSPS) is 13.0. The predicted octanol–water partition coefficient (Wildman–Crippen LogP) is 4.07. The van der Waals surface area contributed by atoms with Crippen LogP contribution >= 0.6 is 0 Å². The van der Waals surface area contributed by atoms with Gasteiger partial charge in [0.25, 0.3) is 0 Å². The Hall–Kier alpha value is -1.46. The van der Waals surface area contributed by atoms with Gasteiger partial charge >= 0.3 is 8.80 Å². The minimum Gasteiger partial charge on any atom is -0.377 e. The summed E-state index contributed by atoms with van der Waals surface area (Å²) >= 11 is 0. The minimum absolute atomic E-state index is 0.840. The van der Waals surface area contributed by atoms with Crippen molar-refractivity contribution in [2.24, 2.45) is 0 Å². The van der Waals surface area contributed by atoms with E-state index in [-0.39, 0.29) is 0 Å². The van der Waals surface area contributed by atoms with E-state index in [4.69, 9.17) is 13.3 Å². The molecule has 2 aromatic carbocycles. The van der Waals surface area contributed by atoms with Crippen molar-refractivity contribution in [3.63, 3.8) is 0 Å².